The van der Waals surface area contributed by atoms with Gasteiger partial charge in [0.25, 0.3) is 5.91 Å². The summed E-state index contributed by atoms with van der Waals surface area (Å²) in [5.74, 6) is 0.127. The number of carbonyl (C=O) groups excluding carboxylic acids is 2. The summed E-state index contributed by atoms with van der Waals surface area (Å²) in [6, 6.07) is 12.9. The average Bonchev–Trinajstić information content (AvgIpc) is 3.41. The predicted molar refractivity (Wildman–Crippen MR) is 140 cm³/mol. The molecule has 1 atom stereocenters. The van der Waals surface area contributed by atoms with Crippen LogP contribution in [0.15, 0.2) is 53.9 Å². The van der Waals surface area contributed by atoms with Gasteiger partial charge < -0.3 is 24.0 Å². The lowest BCUT2D eigenvalue weighted by Crippen LogP contribution is -2.47. The molecule has 1 unspecified atom stereocenters. The highest BCUT2D eigenvalue weighted by atomic mass is 32.1. The number of fused-ring (bicyclic) bond motifs is 1. The maximum Gasteiger partial charge on any atom is 0.258 e. The van der Waals surface area contributed by atoms with E-state index >= 15 is 0 Å². The lowest BCUT2D eigenvalue weighted by Gasteiger charge is -2.37. The van der Waals surface area contributed by atoms with Crippen molar-refractivity contribution in [1.29, 1.82) is 0 Å². The van der Waals surface area contributed by atoms with Crippen LogP contribution < -0.4 is 9.47 Å². The van der Waals surface area contributed by atoms with Gasteiger partial charge in [-0.25, -0.2) is 4.39 Å². The zero-order chi connectivity index (χ0) is 26.4. The van der Waals surface area contributed by atoms with Crippen molar-refractivity contribution in [2.45, 2.75) is 18.9 Å². The Morgan fingerprint density at radius 3 is 2.57 bits per heavy atom. The molecule has 0 saturated heterocycles. The van der Waals surface area contributed by atoms with Crippen LogP contribution in [0.5, 0.6) is 11.5 Å². The van der Waals surface area contributed by atoms with Crippen LogP contribution in [0.2, 0.25) is 0 Å². The van der Waals surface area contributed by atoms with E-state index in [-0.39, 0.29) is 30.2 Å². The van der Waals surface area contributed by atoms with Crippen molar-refractivity contribution in [2.75, 3.05) is 47.6 Å². The first kappa shape index (κ1) is 26.6. The third-order valence-corrected chi connectivity index (χ3v) is 7.50. The number of methoxy groups -OCH3 is 3. The van der Waals surface area contributed by atoms with Crippen LogP contribution in [0.1, 0.15) is 38.8 Å². The molecule has 0 N–H and O–H groups in total. The summed E-state index contributed by atoms with van der Waals surface area (Å²) in [4.78, 5) is 32.0. The van der Waals surface area contributed by atoms with Crippen molar-refractivity contribution in [3.63, 3.8) is 0 Å². The Kier molecular flexibility index (Phi) is 8.78. The van der Waals surface area contributed by atoms with Crippen molar-refractivity contribution >= 4 is 23.2 Å². The molecule has 3 aromatic rings. The molecule has 4 rings (SSSR count). The minimum atomic E-state index is -0.338. The van der Waals surface area contributed by atoms with Gasteiger partial charge in [-0.05, 0) is 59.7 Å². The van der Waals surface area contributed by atoms with Crippen LogP contribution >= 0.6 is 11.3 Å². The van der Waals surface area contributed by atoms with Crippen molar-refractivity contribution in [1.82, 2.24) is 9.80 Å². The van der Waals surface area contributed by atoms with Gasteiger partial charge in [-0.15, -0.1) is 11.3 Å². The molecule has 7 nitrogen and oxygen atoms in total. The second-order valence-corrected chi connectivity index (χ2v) is 9.73. The van der Waals surface area contributed by atoms with Crippen LogP contribution in [0, 0.1) is 5.82 Å². The molecule has 9 heteroatoms. The number of hydrogen-bond acceptors (Lipinski definition) is 6. The first-order valence-corrected chi connectivity index (χ1v) is 13.0. The topological polar surface area (TPSA) is 68.3 Å². The van der Waals surface area contributed by atoms with Crippen molar-refractivity contribution in [3.05, 3.63) is 81.3 Å². The number of carbonyl (C=O) groups is 2. The normalized spacial score (nSPS) is 14.7. The molecule has 0 radical (unpaired) electrons. The molecule has 1 aromatic heterocycles. The largest absolute Gasteiger partial charge is 0.497 e. The highest BCUT2D eigenvalue weighted by Gasteiger charge is 2.34. The molecule has 196 valence electrons. The number of amides is 2. The molecule has 0 bridgehead atoms. The van der Waals surface area contributed by atoms with Crippen molar-refractivity contribution in [3.8, 4) is 11.5 Å². The Balaban J connectivity index is 1.62. The first-order chi connectivity index (χ1) is 18.0. The summed E-state index contributed by atoms with van der Waals surface area (Å²) in [5, 5.41) is 2.02. The third kappa shape index (κ3) is 5.94. The fourth-order valence-electron chi connectivity index (χ4n) is 4.64. The third-order valence-electron chi connectivity index (χ3n) is 6.50. The molecule has 0 spiro atoms. The number of nitrogens with zero attached hydrogens (tertiary/aromatic N) is 2. The summed E-state index contributed by atoms with van der Waals surface area (Å²) >= 11 is 1.66. The zero-order valence-corrected chi connectivity index (χ0v) is 22.1. The van der Waals surface area contributed by atoms with Crippen LogP contribution in [0.3, 0.4) is 0 Å². The summed E-state index contributed by atoms with van der Waals surface area (Å²) in [6.07, 6.45) is 1.31. The van der Waals surface area contributed by atoms with E-state index in [1.165, 1.54) is 29.0 Å². The van der Waals surface area contributed by atoms with Crippen LogP contribution in [0.4, 0.5) is 4.39 Å². The van der Waals surface area contributed by atoms with E-state index in [0.717, 1.165) is 17.5 Å². The molecule has 1 aliphatic heterocycles. The molecular weight excluding hydrogens is 495 g/mol. The van der Waals surface area contributed by atoms with Gasteiger partial charge in [0.2, 0.25) is 5.91 Å². The quantitative estimate of drug-likeness (QED) is 0.363. The molecule has 2 heterocycles. The molecule has 37 heavy (non-hydrogen) atoms. The predicted octanol–water partition coefficient (Wildman–Crippen LogP) is 4.56. The molecule has 0 aliphatic carbocycles. The van der Waals surface area contributed by atoms with E-state index in [1.807, 2.05) is 11.4 Å². The fraction of sp³-hybridized carbons (Fsp3) is 0.357. The van der Waals surface area contributed by atoms with Gasteiger partial charge in [0.15, 0.2) is 0 Å². The van der Waals surface area contributed by atoms with E-state index < -0.39 is 0 Å². The molecule has 1 aliphatic rings. The molecular formula is C28H31FN2O5S. The van der Waals surface area contributed by atoms with E-state index in [0.29, 0.717) is 43.2 Å². The van der Waals surface area contributed by atoms with Crippen molar-refractivity contribution < 1.29 is 28.2 Å². The summed E-state index contributed by atoms with van der Waals surface area (Å²) in [5.41, 5.74) is 2.23. The minimum Gasteiger partial charge on any atom is -0.497 e. The Hall–Kier alpha value is -3.43. The van der Waals surface area contributed by atoms with Gasteiger partial charge in [-0.3, -0.25) is 9.59 Å². The SMILES string of the molecule is COCCCN(CC(=O)N1CCc2sccc2C1c1ccc(F)cc1)C(=O)c1ccc(OC)cc1OC. The number of halogens is 1. The van der Waals surface area contributed by atoms with E-state index in [2.05, 4.69) is 0 Å². The standard InChI is InChI=1S/C28H31FN2O5S/c1-34-15-4-13-30(28(33)22-10-9-21(35-2)17-24(22)36-3)18-26(32)31-14-11-25-23(12-16-37-25)27(31)19-5-7-20(29)8-6-19/h5-10,12,16-17,27H,4,11,13-15,18H2,1-3H3. The second kappa shape index (κ2) is 12.2. The molecule has 2 amide bonds. The van der Waals surface area contributed by atoms with Gasteiger partial charge in [0.05, 0.1) is 25.8 Å². The van der Waals surface area contributed by atoms with Gasteiger partial charge in [0, 0.05) is 37.7 Å². The number of benzene rings is 2. The van der Waals surface area contributed by atoms with Crippen LogP contribution in [0.25, 0.3) is 0 Å². The monoisotopic (exact) mass is 526 g/mol. The summed E-state index contributed by atoms with van der Waals surface area (Å²) < 4.78 is 29.6. The van der Waals surface area contributed by atoms with E-state index in [4.69, 9.17) is 14.2 Å². The van der Waals surface area contributed by atoms with Gasteiger partial charge in [0.1, 0.15) is 23.9 Å². The van der Waals surface area contributed by atoms with E-state index in [9.17, 15) is 14.0 Å². The fourth-order valence-corrected chi connectivity index (χ4v) is 5.55. The molecule has 2 aromatic carbocycles. The Morgan fingerprint density at radius 1 is 1.08 bits per heavy atom. The molecule has 0 saturated carbocycles. The lowest BCUT2D eigenvalue weighted by molar-refractivity contribution is -0.134. The first-order valence-electron chi connectivity index (χ1n) is 12.1. The zero-order valence-electron chi connectivity index (χ0n) is 21.2. The van der Waals surface area contributed by atoms with E-state index in [1.54, 1.807) is 60.8 Å². The minimum absolute atomic E-state index is 0.102. The van der Waals surface area contributed by atoms with Gasteiger partial charge >= 0.3 is 0 Å². The van der Waals surface area contributed by atoms with Crippen LogP contribution in [-0.4, -0.2) is 69.2 Å². The second-order valence-electron chi connectivity index (χ2n) is 8.73. The van der Waals surface area contributed by atoms with Crippen LogP contribution in [-0.2, 0) is 16.0 Å². The number of ether oxygens (including phenoxy) is 3. The number of rotatable bonds is 10. The Labute approximate surface area is 220 Å². The summed E-state index contributed by atoms with van der Waals surface area (Å²) in [7, 11) is 4.63. The Bertz CT molecular complexity index is 1230. The maximum atomic E-state index is 13.8. The van der Waals surface area contributed by atoms with Crippen molar-refractivity contribution in [2.24, 2.45) is 0 Å². The summed E-state index contributed by atoms with van der Waals surface area (Å²) in [6.45, 7) is 1.21. The lowest BCUT2D eigenvalue weighted by atomic mass is 9.93. The number of hydrogen-bond donors (Lipinski definition) is 0. The average molecular weight is 527 g/mol. The smallest absolute Gasteiger partial charge is 0.258 e. The molecule has 0 fully saturated rings. The Morgan fingerprint density at radius 2 is 1.86 bits per heavy atom. The van der Waals surface area contributed by atoms with Gasteiger partial charge in [-0.2, -0.15) is 0 Å². The number of thiophene rings is 1. The highest BCUT2D eigenvalue weighted by molar-refractivity contribution is 7.10. The van der Waals surface area contributed by atoms with Gasteiger partial charge in [-0.1, -0.05) is 12.1 Å². The highest BCUT2D eigenvalue weighted by Crippen LogP contribution is 2.38. The maximum absolute atomic E-state index is 13.8.